The summed E-state index contributed by atoms with van der Waals surface area (Å²) in [4.78, 5) is 39.6. The highest BCUT2D eigenvalue weighted by molar-refractivity contribution is 6.33. The van der Waals surface area contributed by atoms with Crippen LogP contribution in [0, 0.1) is 0 Å². The number of carboxylic acids is 1. The van der Waals surface area contributed by atoms with Gasteiger partial charge in [0.25, 0.3) is 11.5 Å². The lowest BCUT2D eigenvalue weighted by molar-refractivity contribution is -0.137. The zero-order valence-corrected chi connectivity index (χ0v) is 16.6. The summed E-state index contributed by atoms with van der Waals surface area (Å²) in [5, 5.41) is 11.6. The number of ether oxygens (including phenoxy) is 1. The SMILES string of the molecule is CO[C@@H]1CN(CCCCCC(=O)O)CC[C@@H]1NC(=O)c1cc(Cl)c(N)[nH]c1=O. The lowest BCUT2D eigenvalue weighted by Crippen LogP contribution is -2.55. The Hall–Kier alpha value is -2.10. The first kappa shape index (κ1) is 22.2. The van der Waals surface area contributed by atoms with Crippen LogP contribution < -0.4 is 16.6 Å². The molecular weight excluding hydrogens is 388 g/mol. The number of likely N-dealkylation sites (tertiary alicyclic amines) is 1. The van der Waals surface area contributed by atoms with Gasteiger partial charge in [0.05, 0.1) is 17.2 Å². The number of pyridine rings is 1. The Balaban J connectivity index is 1.87. The second kappa shape index (κ2) is 10.4. The van der Waals surface area contributed by atoms with Crippen LogP contribution in [0.25, 0.3) is 0 Å². The average Bonchev–Trinajstić information content (AvgIpc) is 2.65. The second-order valence-corrected chi connectivity index (χ2v) is 7.33. The lowest BCUT2D eigenvalue weighted by Gasteiger charge is -2.38. The van der Waals surface area contributed by atoms with Gasteiger partial charge in [-0.2, -0.15) is 0 Å². The molecule has 10 heteroatoms. The fraction of sp³-hybridized carbons (Fsp3) is 0.611. The number of carbonyl (C=O) groups is 2. The molecule has 1 aliphatic rings. The maximum atomic E-state index is 12.5. The molecule has 9 nitrogen and oxygen atoms in total. The lowest BCUT2D eigenvalue weighted by atomic mass is 10.0. The zero-order chi connectivity index (χ0) is 20.7. The molecule has 1 aromatic heterocycles. The average molecular weight is 415 g/mol. The highest BCUT2D eigenvalue weighted by Crippen LogP contribution is 2.17. The van der Waals surface area contributed by atoms with Crippen molar-refractivity contribution in [1.82, 2.24) is 15.2 Å². The van der Waals surface area contributed by atoms with Crippen molar-refractivity contribution >= 4 is 29.3 Å². The van der Waals surface area contributed by atoms with Gasteiger partial charge < -0.3 is 30.8 Å². The number of hydrogen-bond donors (Lipinski definition) is 4. The van der Waals surface area contributed by atoms with Crippen LogP contribution in [0.2, 0.25) is 5.02 Å². The molecule has 2 heterocycles. The number of hydrogen-bond acceptors (Lipinski definition) is 6. The summed E-state index contributed by atoms with van der Waals surface area (Å²) >= 11 is 5.90. The van der Waals surface area contributed by atoms with Crippen LogP contribution >= 0.6 is 11.6 Å². The van der Waals surface area contributed by atoms with E-state index in [-0.39, 0.29) is 35.0 Å². The number of anilines is 1. The minimum atomic E-state index is -0.766. The van der Waals surface area contributed by atoms with Crippen LogP contribution in [-0.2, 0) is 9.53 Å². The van der Waals surface area contributed by atoms with Gasteiger partial charge in [0.1, 0.15) is 11.4 Å². The van der Waals surface area contributed by atoms with Crippen molar-refractivity contribution < 1.29 is 19.4 Å². The molecule has 1 saturated heterocycles. The summed E-state index contributed by atoms with van der Waals surface area (Å²) in [6.45, 7) is 2.29. The molecule has 0 bridgehead atoms. The summed E-state index contributed by atoms with van der Waals surface area (Å²) < 4.78 is 5.54. The smallest absolute Gasteiger partial charge is 0.303 e. The minimum absolute atomic E-state index is 0.0228. The molecule has 0 spiro atoms. The van der Waals surface area contributed by atoms with Crippen LogP contribution in [0.4, 0.5) is 5.82 Å². The molecule has 1 aromatic rings. The van der Waals surface area contributed by atoms with Crippen molar-refractivity contribution in [2.24, 2.45) is 0 Å². The van der Waals surface area contributed by atoms with E-state index in [1.807, 2.05) is 0 Å². The highest BCUT2D eigenvalue weighted by Gasteiger charge is 2.31. The van der Waals surface area contributed by atoms with Crippen molar-refractivity contribution in [2.45, 2.75) is 44.2 Å². The minimum Gasteiger partial charge on any atom is -0.481 e. The fourth-order valence-electron chi connectivity index (χ4n) is 3.31. The van der Waals surface area contributed by atoms with E-state index < -0.39 is 17.4 Å². The quantitative estimate of drug-likeness (QED) is 0.443. The van der Waals surface area contributed by atoms with Crippen molar-refractivity contribution in [2.75, 3.05) is 32.5 Å². The number of aromatic amines is 1. The molecule has 156 valence electrons. The number of halogens is 1. The number of nitrogens with zero attached hydrogens (tertiary/aromatic N) is 1. The maximum absolute atomic E-state index is 12.5. The van der Waals surface area contributed by atoms with Gasteiger partial charge in [0.2, 0.25) is 0 Å². The molecule has 0 saturated carbocycles. The van der Waals surface area contributed by atoms with E-state index in [1.54, 1.807) is 7.11 Å². The van der Waals surface area contributed by atoms with E-state index in [2.05, 4.69) is 15.2 Å². The Labute approximate surface area is 168 Å². The number of nitrogens with one attached hydrogen (secondary N) is 2. The topological polar surface area (TPSA) is 138 Å². The third kappa shape index (κ3) is 6.22. The largest absolute Gasteiger partial charge is 0.481 e. The van der Waals surface area contributed by atoms with Gasteiger partial charge in [-0.3, -0.25) is 14.4 Å². The Morgan fingerprint density at radius 2 is 2.18 bits per heavy atom. The molecule has 0 aliphatic carbocycles. The Morgan fingerprint density at radius 1 is 1.43 bits per heavy atom. The summed E-state index contributed by atoms with van der Waals surface area (Å²) in [7, 11) is 1.59. The van der Waals surface area contributed by atoms with Gasteiger partial charge in [-0.05, 0) is 31.9 Å². The van der Waals surface area contributed by atoms with Crippen LogP contribution in [0.15, 0.2) is 10.9 Å². The van der Waals surface area contributed by atoms with E-state index in [1.165, 1.54) is 6.07 Å². The van der Waals surface area contributed by atoms with E-state index in [0.717, 1.165) is 25.9 Å². The molecule has 2 atom stereocenters. The number of nitrogens with two attached hydrogens (primary N) is 1. The van der Waals surface area contributed by atoms with Crippen LogP contribution in [0.5, 0.6) is 0 Å². The summed E-state index contributed by atoms with van der Waals surface area (Å²) in [6, 6.07) is 1.04. The van der Waals surface area contributed by atoms with Gasteiger partial charge in [-0.25, -0.2) is 0 Å². The number of unbranched alkanes of at least 4 members (excludes halogenated alkanes) is 2. The molecule has 0 aromatic carbocycles. The number of aliphatic carboxylic acids is 1. The van der Waals surface area contributed by atoms with Gasteiger partial charge >= 0.3 is 5.97 Å². The Morgan fingerprint density at radius 3 is 2.86 bits per heavy atom. The molecule has 0 radical (unpaired) electrons. The third-order valence-corrected chi connectivity index (χ3v) is 5.21. The molecule has 0 unspecified atom stereocenters. The summed E-state index contributed by atoms with van der Waals surface area (Å²) in [6.07, 6.45) is 3.12. The van der Waals surface area contributed by atoms with Crippen molar-refractivity contribution in [3.8, 4) is 0 Å². The number of H-pyrrole nitrogens is 1. The van der Waals surface area contributed by atoms with E-state index in [4.69, 9.17) is 27.2 Å². The number of carboxylic acid groups (broad SMARTS) is 1. The first-order valence-corrected chi connectivity index (χ1v) is 9.65. The van der Waals surface area contributed by atoms with Gasteiger partial charge in [-0.15, -0.1) is 0 Å². The Bertz CT molecular complexity index is 754. The number of nitrogen functional groups attached to an aromatic ring is 1. The van der Waals surface area contributed by atoms with Gasteiger partial charge in [-0.1, -0.05) is 18.0 Å². The monoisotopic (exact) mass is 414 g/mol. The van der Waals surface area contributed by atoms with Crippen molar-refractivity contribution in [1.29, 1.82) is 0 Å². The number of rotatable bonds is 9. The number of methoxy groups -OCH3 is 1. The number of piperidine rings is 1. The number of carbonyl (C=O) groups excluding carboxylic acids is 1. The van der Waals surface area contributed by atoms with Crippen LogP contribution in [-0.4, -0.2) is 65.8 Å². The van der Waals surface area contributed by atoms with Gasteiger partial charge in [0, 0.05) is 26.6 Å². The van der Waals surface area contributed by atoms with Crippen molar-refractivity contribution in [3.63, 3.8) is 0 Å². The maximum Gasteiger partial charge on any atom is 0.303 e. The van der Waals surface area contributed by atoms with E-state index >= 15 is 0 Å². The second-order valence-electron chi connectivity index (χ2n) is 6.92. The summed E-state index contributed by atoms with van der Waals surface area (Å²) in [5.41, 5.74) is 4.85. The molecule has 1 amide bonds. The third-order valence-electron chi connectivity index (χ3n) is 4.89. The van der Waals surface area contributed by atoms with E-state index in [9.17, 15) is 14.4 Å². The fourth-order valence-corrected chi connectivity index (χ4v) is 3.47. The molecule has 1 fully saturated rings. The highest BCUT2D eigenvalue weighted by atomic mass is 35.5. The van der Waals surface area contributed by atoms with Crippen molar-refractivity contribution in [3.05, 3.63) is 27.0 Å². The standard InChI is InChI=1S/C18H27ClN4O5/c1-28-14-10-23(7-4-2-3-5-15(24)25)8-6-13(14)21-17(26)11-9-12(19)16(20)22-18(11)27/h9,13-14H,2-8,10H2,1H3,(H,21,26)(H,24,25)(H3,20,22,27)/t13-,14+/m0/s1. The first-order chi connectivity index (χ1) is 13.3. The predicted octanol–water partition coefficient (Wildman–Crippen LogP) is 1.07. The number of amides is 1. The van der Waals surface area contributed by atoms with Crippen LogP contribution in [0.3, 0.4) is 0 Å². The Kier molecular flexibility index (Phi) is 8.28. The zero-order valence-electron chi connectivity index (χ0n) is 15.9. The molecule has 1 aliphatic heterocycles. The molecule has 5 N–H and O–H groups in total. The first-order valence-electron chi connectivity index (χ1n) is 9.28. The molecule has 28 heavy (non-hydrogen) atoms. The van der Waals surface area contributed by atoms with Gasteiger partial charge in [0.15, 0.2) is 0 Å². The van der Waals surface area contributed by atoms with Crippen LogP contribution in [0.1, 0.15) is 42.5 Å². The predicted molar refractivity (Wildman–Crippen MR) is 106 cm³/mol. The molecule has 2 rings (SSSR count). The number of aromatic nitrogens is 1. The normalized spacial score (nSPS) is 20.1. The summed E-state index contributed by atoms with van der Waals surface area (Å²) in [5.74, 6) is -1.26. The van der Waals surface area contributed by atoms with E-state index in [0.29, 0.717) is 19.4 Å². The molecular formula is C18H27ClN4O5.